The Hall–Kier alpha value is -2.15. The van der Waals surface area contributed by atoms with Crippen molar-refractivity contribution < 1.29 is 13.5 Å². The standard InChI is InChI=1S/C13H15FN4O2/c1-19-11-3-2-9(8-10(11)14)12-16-17-13(20-12)18-6-4-15-5-7-18/h2-3,8,15H,4-7H2,1H3. The molecule has 0 bridgehead atoms. The molecule has 1 aromatic heterocycles. The van der Waals surface area contributed by atoms with Gasteiger partial charge in [0.15, 0.2) is 11.6 Å². The van der Waals surface area contributed by atoms with Crippen molar-refractivity contribution in [2.24, 2.45) is 0 Å². The predicted octanol–water partition coefficient (Wildman–Crippen LogP) is 1.29. The average molecular weight is 278 g/mol. The first kappa shape index (κ1) is 12.9. The molecular formula is C13H15FN4O2. The van der Waals surface area contributed by atoms with E-state index in [0.717, 1.165) is 26.2 Å². The molecule has 0 saturated carbocycles. The Morgan fingerprint density at radius 1 is 1.30 bits per heavy atom. The monoisotopic (exact) mass is 278 g/mol. The van der Waals surface area contributed by atoms with Crippen LogP contribution in [0.15, 0.2) is 22.6 Å². The van der Waals surface area contributed by atoms with Crippen molar-refractivity contribution in [3.63, 3.8) is 0 Å². The second kappa shape index (κ2) is 5.46. The van der Waals surface area contributed by atoms with E-state index in [1.807, 2.05) is 4.90 Å². The van der Waals surface area contributed by atoms with E-state index in [9.17, 15) is 4.39 Å². The molecule has 0 radical (unpaired) electrons. The fourth-order valence-corrected chi connectivity index (χ4v) is 2.12. The molecule has 1 saturated heterocycles. The Morgan fingerprint density at radius 3 is 2.80 bits per heavy atom. The summed E-state index contributed by atoms with van der Waals surface area (Å²) < 4.78 is 24.1. The molecule has 2 aromatic rings. The number of benzene rings is 1. The first-order chi connectivity index (χ1) is 9.78. The maximum Gasteiger partial charge on any atom is 0.318 e. The molecule has 7 heteroatoms. The maximum atomic E-state index is 13.7. The van der Waals surface area contributed by atoms with Crippen LogP contribution in [-0.2, 0) is 0 Å². The summed E-state index contributed by atoms with van der Waals surface area (Å²) in [6.07, 6.45) is 0. The van der Waals surface area contributed by atoms with Crippen molar-refractivity contribution in [1.82, 2.24) is 15.5 Å². The van der Waals surface area contributed by atoms with Crippen LogP contribution in [-0.4, -0.2) is 43.5 Å². The quantitative estimate of drug-likeness (QED) is 0.913. The minimum absolute atomic E-state index is 0.190. The average Bonchev–Trinajstić information content (AvgIpc) is 2.98. The largest absolute Gasteiger partial charge is 0.494 e. The van der Waals surface area contributed by atoms with Crippen LogP contribution >= 0.6 is 0 Å². The minimum atomic E-state index is -0.452. The van der Waals surface area contributed by atoms with E-state index in [1.54, 1.807) is 12.1 Å². The lowest BCUT2D eigenvalue weighted by Crippen LogP contribution is -2.43. The van der Waals surface area contributed by atoms with Gasteiger partial charge in [0.1, 0.15) is 0 Å². The summed E-state index contributed by atoms with van der Waals surface area (Å²) in [5, 5.41) is 11.2. The van der Waals surface area contributed by atoms with Gasteiger partial charge >= 0.3 is 6.01 Å². The molecule has 1 aromatic carbocycles. The number of nitrogens with one attached hydrogen (secondary N) is 1. The number of nitrogens with zero attached hydrogens (tertiary/aromatic N) is 3. The molecule has 1 N–H and O–H groups in total. The van der Waals surface area contributed by atoms with Gasteiger partial charge in [0.25, 0.3) is 0 Å². The molecule has 1 aliphatic rings. The number of anilines is 1. The zero-order valence-electron chi connectivity index (χ0n) is 11.1. The molecule has 3 rings (SSSR count). The van der Waals surface area contributed by atoms with Crippen LogP contribution in [0.2, 0.25) is 0 Å². The van der Waals surface area contributed by atoms with Crippen LogP contribution in [0.3, 0.4) is 0 Å². The molecule has 0 amide bonds. The van der Waals surface area contributed by atoms with Gasteiger partial charge in [-0.25, -0.2) is 4.39 Å². The Labute approximate surface area is 115 Å². The number of rotatable bonds is 3. The Morgan fingerprint density at radius 2 is 2.10 bits per heavy atom. The third kappa shape index (κ3) is 2.44. The van der Waals surface area contributed by atoms with Gasteiger partial charge in [-0.15, -0.1) is 5.10 Å². The first-order valence-corrected chi connectivity index (χ1v) is 6.41. The number of ether oxygens (including phenoxy) is 1. The van der Waals surface area contributed by atoms with E-state index >= 15 is 0 Å². The van der Waals surface area contributed by atoms with E-state index in [-0.39, 0.29) is 5.75 Å². The molecule has 1 aliphatic heterocycles. The van der Waals surface area contributed by atoms with Gasteiger partial charge in [0.05, 0.1) is 7.11 Å². The molecule has 0 unspecified atom stereocenters. The fraction of sp³-hybridized carbons (Fsp3) is 0.385. The highest BCUT2D eigenvalue weighted by molar-refractivity contribution is 5.55. The molecule has 2 heterocycles. The molecule has 0 aliphatic carbocycles. The highest BCUT2D eigenvalue weighted by Gasteiger charge is 2.18. The lowest BCUT2D eigenvalue weighted by Gasteiger charge is -2.24. The summed E-state index contributed by atoms with van der Waals surface area (Å²) >= 11 is 0. The summed E-state index contributed by atoms with van der Waals surface area (Å²) in [5.41, 5.74) is 0.539. The van der Waals surface area contributed by atoms with Crippen LogP contribution in [0.1, 0.15) is 0 Å². The van der Waals surface area contributed by atoms with Crippen LogP contribution in [0.5, 0.6) is 5.75 Å². The van der Waals surface area contributed by atoms with Crippen LogP contribution in [0.4, 0.5) is 10.4 Å². The third-order valence-electron chi connectivity index (χ3n) is 3.20. The summed E-state index contributed by atoms with van der Waals surface area (Å²) in [6.45, 7) is 3.40. The van der Waals surface area contributed by atoms with Crippen molar-refractivity contribution in [1.29, 1.82) is 0 Å². The molecule has 0 atom stereocenters. The predicted molar refractivity (Wildman–Crippen MR) is 71.3 cm³/mol. The zero-order valence-corrected chi connectivity index (χ0v) is 11.1. The second-order valence-electron chi connectivity index (χ2n) is 4.48. The number of hydrogen-bond acceptors (Lipinski definition) is 6. The van der Waals surface area contributed by atoms with Gasteiger partial charge in [0, 0.05) is 31.7 Å². The van der Waals surface area contributed by atoms with Gasteiger partial charge in [-0.2, -0.15) is 0 Å². The Kier molecular flexibility index (Phi) is 3.51. The first-order valence-electron chi connectivity index (χ1n) is 6.41. The second-order valence-corrected chi connectivity index (χ2v) is 4.48. The van der Waals surface area contributed by atoms with E-state index < -0.39 is 5.82 Å². The Balaban J connectivity index is 1.84. The van der Waals surface area contributed by atoms with E-state index in [4.69, 9.17) is 9.15 Å². The number of methoxy groups -OCH3 is 1. The van der Waals surface area contributed by atoms with Crippen molar-refractivity contribution >= 4 is 6.01 Å². The number of piperazine rings is 1. The SMILES string of the molecule is COc1ccc(-c2nnc(N3CCNCC3)o2)cc1F. The molecule has 6 nitrogen and oxygen atoms in total. The molecule has 20 heavy (non-hydrogen) atoms. The van der Waals surface area contributed by atoms with E-state index in [2.05, 4.69) is 15.5 Å². The van der Waals surface area contributed by atoms with Crippen molar-refractivity contribution in [3.8, 4) is 17.2 Å². The lowest BCUT2D eigenvalue weighted by atomic mass is 10.2. The summed E-state index contributed by atoms with van der Waals surface area (Å²) in [7, 11) is 1.42. The van der Waals surface area contributed by atoms with Gasteiger partial charge in [-0.1, -0.05) is 5.10 Å². The van der Waals surface area contributed by atoms with Crippen molar-refractivity contribution in [2.45, 2.75) is 0 Å². The molecular weight excluding hydrogens is 263 g/mol. The number of aromatic nitrogens is 2. The number of hydrogen-bond donors (Lipinski definition) is 1. The van der Waals surface area contributed by atoms with Crippen LogP contribution < -0.4 is 15.0 Å². The molecule has 0 spiro atoms. The smallest absolute Gasteiger partial charge is 0.318 e. The summed E-state index contributed by atoms with van der Waals surface area (Å²) in [6, 6.07) is 5.03. The highest BCUT2D eigenvalue weighted by Crippen LogP contribution is 2.26. The van der Waals surface area contributed by atoms with E-state index in [1.165, 1.54) is 13.2 Å². The van der Waals surface area contributed by atoms with Gasteiger partial charge in [0.2, 0.25) is 5.89 Å². The van der Waals surface area contributed by atoms with Gasteiger partial charge in [-0.05, 0) is 18.2 Å². The van der Waals surface area contributed by atoms with Gasteiger partial charge in [-0.3, -0.25) is 0 Å². The summed E-state index contributed by atoms with van der Waals surface area (Å²) in [4.78, 5) is 2.01. The maximum absolute atomic E-state index is 13.7. The number of halogens is 1. The van der Waals surface area contributed by atoms with Crippen LogP contribution in [0, 0.1) is 5.82 Å². The van der Waals surface area contributed by atoms with Crippen molar-refractivity contribution in [3.05, 3.63) is 24.0 Å². The Bertz CT molecular complexity index is 596. The highest BCUT2D eigenvalue weighted by atomic mass is 19.1. The third-order valence-corrected chi connectivity index (χ3v) is 3.20. The van der Waals surface area contributed by atoms with Gasteiger partial charge < -0.3 is 19.4 Å². The van der Waals surface area contributed by atoms with E-state index in [0.29, 0.717) is 17.5 Å². The lowest BCUT2D eigenvalue weighted by molar-refractivity contribution is 0.386. The topological polar surface area (TPSA) is 63.4 Å². The zero-order chi connectivity index (χ0) is 13.9. The van der Waals surface area contributed by atoms with Crippen molar-refractivity contribution in [2.75, 3.05) is 38.2 Å². The molecule has 106 valence electrons. The fourth-order valence-electron chi connectivity index (χ4n) is 2.12. The summed E-state index contributed by atoms with van der Waals surface area (Å²) in [5.74, 6) is 0.0441. The van der Waals surface area contributed by atoms with Crippen LogP contribution in [0.25, 0.3) is 11.5 Å². The molecule has 1 fully saturated rings. The minimum Gasteiger partial charge on any atom is -0.494 e. The normalized spacial score (nSPS) is 15.4.